The lowest BCUT2D eigenvalue weighted by atomic mass is 9.96. The molecule has 31 heavy (non-hydrogen) atoms. The number of halogens is 1. The summed E-state index contributed by atoms with van der Waals surface area (Å²) in [7, 11) is 0. The molecule has 6 nitrogen and oxygen atoms in total. The molecule has 4 rings (SSSR count). The molecule has 1 aromatic heterocycles. The molecule has 2 heterocycles. The van der Waals surface area contributed by atoms with Gasteiger partial charge in [0, 0.05) is 28.7 Å². The number of pyridine rings is 1. The minimum Gasteiger partial charge on any atom is -0.507 e. The van der Waals surface area contributed by atoms with Crippen LogP contribution in [0.1, 0.15) is 24.1 Å². The fourth-order valence-corrected chi connectivity index (χ4v) is 3.80. The quantitative estimate of drug-likeness (QED) is 0.356. The largest absolute Gasteiger partial charge is 0.507 e. The molecule has 1 aliphatic heterocycles. The van der Waals surface area contributed by atoms with Crippen molar-refractivity contribution in [1.29, 1.82) is 0 Å². The Hall–Kier alpha value is -3.64. The van der Waals surface area contributed by atoms with Gasteiger partial charge in [-0.2, -0.15) is 0 Å². The molecular weight excluding hydrogens is 416 g/mol. The number of ketones is 1. The zero-order chi connectivity index (χ0) is 22.0. The smallest absolute Gasteiger partial charge is 0.300 e. The highest BCUT2D eigenvalue weighted by molar-refractivity contribution is 6.51. The number of amides is 1. The number of aliphatic hydroxyl groups excluding tert-OH is 1. The summed E-state index contributed by atoms with van der Waals surface area (Å²) in [5.74, 6) is -1.15. The van der Waals surface area contributed by atoms with Crippen LogP contribution < -0.4 is 9.64 Å². The lowest BCUT2D eigenvalue weighted by Gasteiger charge is -2.25. The summed E-state index contributed by atoms with van der Waals surface area (Å²) >= 11 is 6.06. The predicted octanol–water partition coefficient (Wildman–Crippen LogP) is 4.76. The molecule has 1 atom stereocenters. The maximum Gasteiger partial charge on any atom is 0.300 e. The highest BCUT2D eigenvalue weighted by Crippen LogP contribution is 2.42. The monoisotopic (exact) mass is 434 g/mol. The van der Waals surface area contributed by atoms with Crippen molar-refractivity contribution in [3.63, 3.8) is 0 Å². The van der Waals surface area contributed by atoms with Gasteiger partial charge in [0.2, 0.25) is 0 Å². The summed E-state index contributed by atoms with van der Waals surface area (Å²) in [5.41, 5.74) is 1.43. The third kappa shape index (κ3) is 3.90. The Kier molecular flexibility index (Phi) is 5.73. The Morgan fingerprint density at radius 3 is 2.55 bits per heavy atom. The van der Waals surface area contributed by atoms with Crippen molar-refractivity contribution in [2.45, 2.75) is 13.0 Å². The van der Waals surface area contributed by atoms with E-state index in [0.717, 1.165) is 0 Å². The molecule has 1 N–H and O–H groups in total. The highest BCUT2D eigenvalue weighted by atomic mass is 35.5. The Morgan fingerprint density at radius 2 is 1.90 bits per heavy atom. The number of anilines is 1. The van der Waals surface area contributed by atoms with E-state index in [1.807, 2.05) is 6.92 Å². The van der Waals surface area contributed by atoms with Gasteiger partial charge < -0.3 is 9.84 Å². The van der Waals surface area contributed by atoms with E-state index in [1.54, 1.807) is 73.1 Å². The van der Waals surface area contributed by atoms with E-state index in [9.17, 15) is 14.7 Å². The van der Waals surface area contributed by atoms with E-state index in [1.165, 1.54) is 4.90 Å². The Labute approximate surface area is 184 Å². The number of carbonyl (C=O) groups is 2. The molecule has 7 heteroatoms. The fraction of sp³-hybridized carbons (Fsp3) is 0.125. The van der Waals surface area contributed by atoms with Crippen LogP contribution in [0.4, 0.5) is 5.69 Å². The predicted molar refractivity (Wildman–Crippen MR) is 118 cm³/mol. The molecule has 1 fully saturated rings. The number of aromatic nitrogens is 1. The van der Waals surface area contributed by atoms with E-state index in [4.69, 9.17) is 16.3 Å². The number of hydrogen-bond acceptors (Lipinski definition) is 5. The Bertz CT molecular complexity index is 1160. The van der Waals surface area contributed by atoms with E-state index >= 15 is 0 Å². The molecule has 0 bridgehead atoms. The van der Waals surface area contributed by atoms with Crippen LogP contribution in [0.3, 0.4) is 0 Å². The van der Waals surface area contributed by atoms with Gasteiger partial charge in [-0.25, -0.2) is 0 Å². The summed E-state index contributed by atoms with van der Waals surface area (Å²) in [4.78, 5) is 31.6. The summed E-state index contributed by atoms with van der Waals surface area (Å²) in [6.07, 6.45) is 3.17. The molecule has 3 aromatic rings. The number of Topliss-reactive ketones (excluding diaryl/α,β-unsaturated/α-hetero) is 1. The van der Waals surface area contributed by atoms with Gasteiger partial charge >= 0.3 is 0 Å². The molecule has 1 saturated heterocycles. The van der Waals surface area contributed by atoms with Crippen LogP contribution in [0.25, 0.3) is 5.76 Å². The van der Waals surface area contributed by atoms with Crippen molar-refractivity contribution in [3.05, 3.63) is 94.8 Å². The van der Waals surface area contributed by atoms with Crippen molar-refractivity contribution in [3.8, 4) is 5.75 Å². The normalized spacial score (nSPS) is 17.7. The topological polar surface area (TPSA) is 79.7 Å². The van der Waals surface area contributed by atoms with Gasteiger partial charge in [0.05, 0.1) is 18.2 Å². The Balaban J connectivity index is 1.88. The van der Waals surface area contributed by atoms with Crippen LogP contribution in [0.15, 0.2) is 78.6 Å². The number of aliphatic hydroxyl groups is 1. The van der Waals surface area contributed by atoms with Crippen molar-refractivity contribution in [2.75, 3.05) is 11.5 Å². The van der Waals surface area contributed by atoms with Crippen LogP contribution in [0.5, 0.6) is 5.75 Å². The fourth-order valence-electron chi connectivity index (χ4n) is 3.61. The number of carbonyl (C=O) groups excluding carboxylic acids is 2. The maximum atomic E-state index is 13.1. The van der Waals surface area contributed by atoms with Crippen molar-refractivity contribution in [1.82, 2.24) is 4.98 Å². The average Bonchev–Trinajstić information content (AvgIpc) is 3.05. The number of benzene rings is 2. The molecule has 1 unspecified atom stereocenters. The third-order valence-corrected chi connectivity index (χ3v) is 5.20. The Morgan fingerprint density at radius 1 is 1.13 bits per heavy atom. The lowest BCUT2D eigenvalue weighted by Crippen LogP contribution is -2.29. The second kappa shape index (κ2) is 8.62. The van der Waals surface area contributed by atoms with Crippen LogP contribution >= 0.6 is 11.6 Å². The van der Waals surface area contributed by atoms with Gasteiger partial charge in [0.25, 0.3) is 11.7 Å². The van der Waals surface area contributed by atoms with Gasteiger partial charge in [0.1, 0.15) is 11.5 Å². The van der Waals surface area contributed by atoms with E-state index in [2.05, 4.69) is 4.98 Å². The zero-order valence-electron chi connectivity index (χ0n) is 16.7. The number of rotatable bonds is 5. The summed E-state index contributed by atoms with van der Waals surface area (Å²) < 4.78 is 5.47. The van der Waals surface area contributed by atoms with Gasteiger partial charge in [-0.05, 0) is 55.0 Å². The van der Waals surface area contributed by atoms with Crippen molar-refractivity contribution < 1.29 is 19.4 Å². The summed E-state index contributed by atoms with van der Waals surface area (Å²) in [6, 6.07) is 16.0. The van der Waals surface area contributed by atoms with Crippen LogP contribution in [-0.2, 0) is 9.59 Å². The molecule has 0 radical (unpaired) electrons. The second-order valence-corrected chi connectivity index (χ2v) is 7.33. The van der Waals surface area contributed by atoms with Crippen molar-refractivity contribution in [2.24, 2.45) is 0 Å². The first-order valence-corrected chi connectivity index (χ1v) is 10.1. The van der Waals surface area contributed by atoms with Crippen LogP contribution in [-0.4, -0.2) is 28.4 Å². The maximum absolute atomic E-state index is 13.1. The van der Waals surface area contributed by atoms with Crippen LogP contribution in [0, 0.1) is 0 Å². The minimum absolute atomic E-state index is 0.0193. The zero-order valence-corrected chi connectivity index (χ0v) is 17.4. The van der Waals surface area contributed by atoms with Crippen LogP contribution in [0.2, 0.25) is 5.02 Å². The molecule has 0 spiro atoms. The molecule has 1 amide bonds. The minimum atomic E-state index is -0.842. The third-order valence-electron chi connectivity index (χ3n) is 4.97. The number of hydrogen-bond donors (Lipinski definition) is 1. The number of ether oxygens (including phenoxy) is 1. The second-order valence-electron chi connectivity index (χ2n) is 6.89. The van der Waals surface area contributed by atoms with E-state index in [-0.39, 0.29) is 11.3 Å². The SMILES string of the molecule is CCOc1ccc(N2C(=O)C(=O)/C(=C(\O)c3cccc(Cl)c3)C2c2cccnc2)cc1. The van der Waals surface area contributed by atoms with Gasteiger partial charge in [-0.15, -0.1) is 0 Å². The molecule has 0 aliphatic carbocycles. The van der Waals surface area contributed by atoms with Crippen molar-refractivity contribution >= 4 is 34.7 Å². The van der Waals surface area contributed by atoms with Gasteiger partial charge in [0.15, 0.2) is 0 Å². The summed E-state index contributed by atoms with van der Waals surface area (Å²) in [6.45, 7) is 2.39. The standard InChI is InChI=1S/C24H19ClN2O4/c1-2-31-19-10-8-18(9-11-19)27-21(16-6-4-12-26-14-16)20(23(29)24(27)30)22(28)15-5-3-7-17(25)13-15/h3-14,21,28H,2H2,1H3/b22-20-. The van der Waals surface area contributed by atoms with E-state index in [0.29, 0.717) is 34.2 Å². The molecule has 1 aliphatic rings. The van der Waals surface area contributed by atoms with Gasteiger partial charge in [-0.3, -0.25) is 19.5 Å². The highest BCUT2D eigenvalue weighted by Gasteiger charge is 2.47. The lowest BCUT2D eigenvalue weighted by molar-refractivity contribution is -0.132. The first-order valence-electron chi connectivity index (χ1n) is 9.71. The van der Waals surface area contributed by atoms with Gasteiger partial charge in [-0.1, -0.05) is 29.8 Å². The number of nitrogens with zero attached hydrogens (tertiary/aromatic N) is 2. The average molecular weight is 435 g/mol. The molecule has 0 saturated carbocycles. The molecular formula is C24H19ClN2O4. The summed E-state index contributed by atoms with van der Waals surface area (Å²) in [5, 5.41) is 11.4. The molecule has 156 valence electrons. The van der Waals surface area contributed by atoms with E-state index < -0.39 is 17.7 Å². The first kappa shape index (κ1) is 20.6. The first-order chi connectivity index (χ1) is 15.0. The molecule has 2 aromatic carbocycles.